The lowest BCUT2D eigenvalue weighted by Gasteiger charge is -1.96. The van der Waals surface area contributed by atoms with E-state index in [0.29, 0.717) is 5.52 Å². The molecule has 2 aromatic rings. The van der Waals surface area contributed by atoms with Gasteiger partial charge >= 0.3 is 5.97 Å². The maximum absolute atomic E-state index is 10.6. The van der Waals surface area contributed by atoms with Gasteiger partial charge in [-0.3, -0.25) is 4.40 Å². The molecule has 2 aromatic heterocycles. The van der Waals surface area contributed by atoms with Crippen molar-refractivity contribution in [3.63, 3.8) is 0 Å². The summed E-state index contributed by atoms with van der Waals surface area (Å²) in [6, 6.07) is 0. The van der Waals surface area contributed by atoms with Gasteiger partial charge in [0.2, 0.25) is 0 Å². The predicted octanol–water partition coefficient (Wildman–Crippen LogP) is 0.228. The topological polar surface area (TPSA) is 67.5 Å². The van der Waals surface area contributed by atoms with Gasteiger partial charge in [-0.05, 0) is 0 Å². The minimum Gasteiger partial charge on any atom is -0.477 e. The summed E-state index contributed by atoms with van der Waals surface area (Å²) in [6.07, 6.45) is 6.76. The van der Waals surface area contributed by atoms with E-state index in [1.807, 2.05) is 0 Å². The molecule has 1 radical (unpaired) electrons. The molecular formula is C7H4N3O2. The molecule has 0 saturated heterocycles. The summed E-state index contributed by atoms with van der Waals surface area (Å²) < 4.78 is 1.41. The molecule has 1 N–H and O–H groups in total. The number of aromatic carboxylic acids is 1. The number of hydrogen-bond donors (Lipinski definition) is 1. The molecule has 5 heteroatoms. The molecule has 2 rings (SSSR count). The van der Waals surface area contributed by atoms with Crippen LogP contribution in [0.2, 0.25) is 0 Å². The minimum atomic E-state index is -1.03. The van der Waals surface area contributed by atoms with E-state index in [2.05, 4.69) is 16.2 Å². The number of fused-ring (bicyclic) bond motifs is 1. The van der Waals surface area contributed by atoms with E-state index in [0.717, 1.165) is 0 Å². The Morgan fingerprint density at radius 2 is 2.42 bits per heavy atom. The Kier molecular flexibility index (Phi) is 1.30. The molecule has 0 aromatic carbocycles. The number of carboxylic acid groups (broad SMARTS) is 1. The molecule has 0 unspecified atom stereocenters. The lowest BCUT2D eigenvalue weighted by atomic mass is 10.4. The largest absolute Gasteiger partial charge is 0.477 e. The first-order chi connectivity index (χ1) is 5.79. The van der Waals surface area contributed by atoms with Gasteiger partial charge in [0.1, 0.15) is 6.20 Å². The smallest absolute Gasteiger partial charge is 0.354 e. The summed E-state index contributed by atoms with van der Waals surface area (Å²) in [7, 11) is 0. The number of rotatable bonds is 1. The number of imidazole rings is 1. The summed E-state index contributed by atoms with van der Waals surface area (Å²) in [5.41, 5.74) is 0.635. The molecule has 59 valence electrons. The first-order valence-corrected chi connectivity index (χ1v) is 3.21. The zero-order chi connectivity index (χ0) is 8.55. The van der Waals surface area contributed by atoms with E-state index in [9.17, 15) is 4.79 Å². The van der Waals surface area contributed by atoms with Crippen LogP contribution in [0.4, 0.5) is 0 Å². The van der Waals surface area contributed by atoms with Crippen molar-refractivity contribution in [1.82, 2.24) is 14.4 Å². The van der Waals surface area contributed by atoms with E-state index in [1.54, 1.807) is 0 Å². The highest BCUT2D eigenvalue weighted by atomic mass is 16.4. The van der Waals surface area contributed by atoms with Crippen molar-refractivity contribution in [2.45, 2.75) is 0 Å². The quantitative estimate of drug-likeness (QED) is 0.651. The third kappa shape index (κ3) is 0.833. The van der Waals surface area contributed by atoms with Crippen LogP contribution in [0, 0.1) is 6.20 Å². The van der Waals surface area contributed by atoms with Crippen molar-refractivity contribution in [2.75, 3.05) is 0 Å². The van der Waals surface area contributed by atoms with E-state index in [1.165, 1.54) is 23.1 Å². The second-order valence-corrected chi connectivity index (χ2v) is 2.21. The summed E-state index contributed by atoms with van der Waals surface area (Å²) in [5, 5.41) is 8.70. The maximum atomic E-state index is 10.6. The van der Waals surface area contributed by atoms with E-state index in [-0.39, 0.29) is 5.69 Å². The molecule has 5 nitrogen and oxygen atoms in total. The standard InChI is InChI=1S/C7H4N3O2/c11-7(12)6-3-8-1-5-2-9-4-10(5)6/h2-4H,(H,11,12). The molecular weight excluding hydrogens is 158 g/mol. The molecule has 12 heavy (non-hydrogen) atoms. The van der Waals surface area contributed by atoms with Gasteiger partial charge in [0, 0.05) is 0 Å². The van der Waals surface area contributed by atoms with Crippen molar-refractivity contribution in [2.24, 2.45) is 0 Å². The van der Waals surface area contributed by atoms with Crippen LogP contribution in [0.25, 0.3) is 5.52 Å². The van der Waals surface area contributed by atoms with Gasteiger partial charge in [0.25, 0.3) is 0 Å². The van der Waals surface area contributed by atoms with Crippen molar-refractivity contribution in [1.29, 1.82) is 0 Å². The van der Waals surface area contributed by atoms with Gasteiger partial charge in [-0.15, -0.1) is 0 Å². The van der Waals surface area contributed by atoms with Crippen molar-refractivity contribution >= 4 is 11.5 Å². The predicted molar refractivity (Wildman–Crippen MR) is 38.8 cm³/mol. The zero-order valence-electron chi connectivity index (χ0n) is 5.93. The Balaban J connectivity index is 2.82. The van der Waals surface area contributed by atoms with Crippen LogP contribution >= 0.6 is 0 Å². The van der Waals surface area contributed by atoms with Crippen molar-refractivity contribution < 1.29 is 9.90 Å². The molecule has 0 atom stereocenters. The van der Waals surface area contributed by atoms with E-state index < -0.39 is 5.97 Å². The highest BCUT2D eigenvalue weighted by molar-refractivity contribution is 5.86. The average molecular weight is 162 g/mol. The summed E-state index contributed by atoms with van der Waals surface area (Å²) in [6.45, 7) is 0. The second-order valence-electron chi connectivity index (χ2n) is 2.21. The molecule has 0 aliphatic heterocycles. The summed E-state index contributed by atoms with van der Waals surface area (Å²) in [4.78, 5) is 18.0. The average Bonchev–Trinajstić information content (AvgIpc) is 2.49. The monoisotopic (exact) mass is 162 g/mol. The van der Waals surface area contributed by atoms with Gasteiger partial charge < -0.3 is 5.11 Å². The first kappa shape index (κ1) is 6.78. The highest BCUT2D eigenvalue weighted by Gasteiger charge is 2.07. The fourth-order valence-electron chi connectivity index (χ4n) is 0.950. The third-order valence-electron chi connectivity index (χ3n) is 1.48. The Morgan fingerprint density at radius 1 is 1.58 bits per heavy atom. The van der Waals surface area contributed by atoms with Crippen molar-refractivity contribution in [3.05, 3.63) is 30.6 Å². The highest BCUT2D eigenvalue weighted by Crippen LogP contribution is 2.03. The minimum absolute atomic E-state index is 0.0845. The zero-order valence-corrected chi connectivity index (χ0v) is 5.93. The molecule has 0 spiro atoms. The van der Waals surface area contributed by atoms with E-state index >= 15 is 0 Å². The first-order valence-electron chi connectivity index (χ1n) is 3.21. The van der Waals surface area contributed by atoms with Crippen LogP contribution in [0.5, 0.6) is 0 Å². The van der Waals surface area contributed by atoms with Crippen LogP contribution in [0.3, 0.4) is 0 Å². The fourth-order valence-corrected chi connectivity index (χ4v) is 0.950. The second kappa shape index (κ2) is 2.30. The van der Waals surface area contributed by atoms with Crippen LogP contribution in [0.15, 0.2) is 18.7 Å². The number of hydrogen-bond acceptors (Lipinski definition) is 3. The van der Waals surface area contributed by atoms with E-state index in [4.69, 9.17) is 5.11 Å². The number of carboxylic acids is 1. The van der Waals surface area contributed by atoms with Crippen LogP contribution in [0.1, 0.15) is 10.5 Å². The SMILES string of the molecule is O=C(O)c1cn[c]c2cncn12. The van der Waals surface area contributed by atoms with Crippen LogP contribution in [-0.4, -0.2) is 25.4 Å². The molecule has 0 aliphatic rings. The Bertz CT molecular complexity index is 435. The number of aromatic nitrogens is 3. The number of carbonyl (C=O) groups is 1. The Morgan fingerprint density at radius 3 is 3.17 bits per heavy atom. The summed E-state index contributed by atoms with van der Waals surface area (Å²) in [5.74, 6) is -1.03. The van der Waals surface area contributed by atoms with Gasteiger partial charge in [-0.1, -0.05) is 0 Å². The number of nitrogens with zero attached hydrogens (tertiary/aromatic N) is 3. The maximum Gasteiger partial charge on any atom is 0.354 e. The summed E-state index contributed by atoms with van der Waals surface area (Å²) >= 11 is 0. The Labute approximate surface area is 67.3 Å². The Hall–Kier alpha value is -1.91. The van der Waals surface area contributed by atoms with Crippen LogP contribution < -0.4 is 0 Å². The normalized spacial score (nSPS) is 10.3. The molecule has 0 bridgehead atoms. The fraction of sp³-hybridized carbons (Fsp3) is 0. The molecule has 2 heterocycles. The van der Waals surface area contributed by atoms with Crippen molar-refractivity contribution in [3.8, 4) is 0 Å². The molecule has 0 fully saturated rings. The van der Waals surface area contributed by atoms with Gasteiger partial charge in [0.15, 0.2) is 5.69 Å². The molecule has 0 amide bonds. The van der Waals surface area contributed by atoms with Gasteiger partial charge in [0.05, 0.1) is 24.2 Å². The molecule has 0 aliphatic carbocycles. The molecule has 0 saturated carbocycles. The lowest BCUT2D eigenvalue weighted by molar-refractivity contribution is 0.0688. The van der Waals surface area contributed by atoms with Gasteiger partial charge in [-0.2, -0.15) is 0 Å². The van der Waals surface area contributed by atoms with Crippen LogP contribution in [-0.2, 0) is 0 Å². The lowest BCUT2D eigenvalue weighted by Crippen LogP contribution is -2.04. The third-order valence-corrected chi connectivity index (χ3v) is 1.48. The van der Waals surface area contributed by atoms with Gasteiger partial charge in [-0.25, -0.2) is 14.8 Å².